The number of aromatic nitrogens is 1. The molecule has 1 aliphatic heterocycles. The number of fused-ring (bicyclic) bond motifs is 3. The molecule has 0 saturated heterocycles. The summed E-state index contributed by atoms with van der Waals surface area (Å²) >= 11 is 1.63. The number of anilines is 1. The number of amides is 2. The smallest absolute Gasteiger partial charge is 0.275 e. The fourth-order valence-corrected chi connectivity index (χ4v) is 5.82. The highest BCUT2D eigenvalue weighted by molar-refractivity contribution is 7.98. The lowest BCUT2D eigenvalue weighted by Crippen LogP contribution is -2.65. The second kappa shape index (κ2) is 8.90. The van der Waals surface area contributed by atoms with Crippen LogP contribution in [0.3, 0.4) is 0 Å². The van der Waals surface area contributed by atoms with Gasteiger partial charge in [0, 0.05) is 27.5 Å². The minimum atomic E-state index is -1.03. The molecule has 1 atom stereocenters. The number of nitrogens with zero attached hydrogens (tertiary/aromatic N) is 2. The van der Waals surface area contributed by atoms with E-state index in [9.17, 15) is 9.59 Å². The van der Waals surface area contributed by atoms with Crippen molar-refractivity contribution in [2.75, 3.05) is 11.2 Å². The monoisotopic (exact) mass is 461 g/mol. The maximum absolute atomic E-state index is 14.0. The molecule has 0 radical (unpaired) electrons. The standard InChI is InChI=1S/C27H31N3O2S/c1-27(26(32)28-20-11-5-3-4-6-12-20)18-29-23-15-8-7-10-19(23)16-24(29)25(31)30(27)21-13-9-14-22(17-21)33-2/h7-10,13-17,20H,3-6,11-12,18H2,1-2H3,(H,28,32). The average Bonchev–Trinajstić information content (AvgIpc) is 2.99. The van der Waals surface area contributed by atoms with Gasteiger partial charge in [-0.1, -0.05) is 49.9 Å². The van der Waals surface area contributed by atoms with Crippen molar-refractivity contribution in [2.45, 2.75) is 68.5 Å². The highest BCUT2D eigenvalue weighted by Crippen LogP contribution is 2.37. The topological polar surface area (TPSA) is 54.3 Å². The molecule has 0 spiro atoms. The lowest BCUT2D eigenvalue weighted by molar-refractivity contribution is -0.127. The van der Waals surface area contributed by atoms with Gasteiger partial charge in [-0.2, -0.15) is 0 Å². The van der Waals surface area contributed by atoms with E-state index in [2.05, 4.69) is 5.32 Å². The van der Waals surface area contributed by atoms with Gasteiger partial charge >= 0.3 is 0 Å². The Morgan fingerprint density at radius 2 is 1.79 bits per heavy atom. The number of hydrogen-bond acceptors (Lipinski definition) is 3. The largest absolute Gasteiger partial charge is 0.351 e. The summed E-state index contributed by atoms with van der Waals surface area (Å²) < 4.78 is 2.03. The van der Waals surface area contributed by atoms with Crippen molar-refractivity contribution in [2.24, 2.45) is 0 Å². The number of nitrogens with one attached hydrogen (secondary N) is 1. The van der Waals surface area contributed by atoms with Crippen molar-refractivity contribution in [1.29, 1.82) is 0 Å². The van der Waals surface area contributed by atoms with Crippen LogP contribution in [0.4, 0.5) is 5.69 Å². The normalized spacial score (nSPS) is 21.6. The Bertz CT molecular complexity index is 1200. The quantitative estimate of drug-likeness (QED) is 0.405. The van der Waals surface area contributed by atoms with E-state index in [1.54, 1.807) is 16.7 Å². The predicted octanol–water partition coefficient (Wildman–Crippen LogP) is 5.62. The van der Waals surface area contributed by atoms with E-state index in [-0.39, 0.29) is 17.9 Å². The van der Waals surface area contributed by atoms with Gasteiger partial charge in [0.1, 0.15) is 11.2 Å². The van der Waals surface area contributed by atoms with Gasteiger partial charge in [-0.15, -0.1) is 11.8 Å². The molecule has 2 aliphatic rings. The Morgan fingerprint density at radius 3 is 2.55 bits per heavy atom. The molecular formula is C27H31N3O2S. The van der Waals surface area contributed by atoms with Crippen LogP contribution in [0.15, 0.2) is 59.5 Å². The second-order valence-electron chi connectivity index (χ2n) is 9.45. The van der Waals surface area contributed by atoms with Crippen LogP contribution in [0.1, 0.15) is 55.9 Å². The summed E-state index contributed by atoms with van der Waals surface area (Å²) in [5, 5.41) is 4.36. The first-order chi connectivity index (χ1) is 16.0. The van der Waals surface area contributed by atoms with Gasteiger partial charge in [0.25, 0.3) is 5.91 Å². The number of hydrogen-bond donors (Lipinski definition) is 1. The van der Waals surface area contributed by atoms with Crippen molar-refractivity contribution in [3.05, 3.63) is 60.3 Å². The van der Waals surface area contributed by atoms with E-state index in [1.807, 2.05) is 72.3 Å². The molecule has 5 nitrogen and oxygen atoms in total. The third kappa shape index (κ3) is 3.95. The number of para-hydroxylation sites is 1. The van der Waals surface area contributed by atoms with Crippen LogP contribution in [0.25, 0.3) is 10.9 Å². The first-order valence-corrected chi connectivity index (χ1v) is 13.1. The number of carbonyl (C=O) groups is 2. The maximum Gasteiger partial charge on any atom is 0.275 e. The number of carbonyl (C=O) groups excluding carboxylic acids is 2. The zero-order chi connectivity index (χ0) is 23.0. The van der Waals surface area contributed by atoms with Crippen molar-refractivity contribution < 1.29 is 9.59 Å². The molecule has 1 aliphatic carbocycles. The molecule has 5 rings (SSSR count). The van der Waals surface area contributed by atoms with Gasteiger partial charge in [0.15, 0.2) is 0 Å². The van der Waals surface area contributed by atoms with Crippen LogP contribution in [-0.4, -0.2) is 34.2 Å². The molecule has 1 aromatic heterocycles. The fraction of sp³-hybridized carbons (Fsp3) is 0.407. The minimum absolute atomic E-state index is 0.0688. The lowest BCUT2D eigenvalue weighted by Gasteiger charge is -2.44. The molecular weight excluding hydrogens is 430 g/mol. The summed E-state index contributed by atoms with van der Waals surface area (Å²) in [5.41, 5.74) is 1.36. The highest BCUT2D eigenvalue weighted by atomic mass is 32.2. The van der Waals surface area contributed by atoms with Gasteiger partial charge in [-0.3, -0.25) is 14.5 Å². The van der Waals surface area contributed by atoms with E-state index in [0.717, 1.165) is 47.2 Å². The molecule has 6 heteroatoms. The van der Waals surface area contributed by atoms with E-state index >= 15 is 0 Å². The molecule has 1 N–H and O–H groups in total. The van der Waals surface area contributed by atoms with Crippen LogP contribution in [0.2, 0.25) is 0 Å². The summed E-state index contributed by atoms with van der Waals surface area (Å²) in [5.74, 6) is -0.199. The van der Waals surface area contributed by atoms with E-state index in [1.165, 1.54) is 12.8 Å². The molecule has 1 fully saturated rings. The van der Waals surface area contributed by atoms with Crippen LogP contribution in [0, 0.1) is 0 Å². The third-order valence-corrected chi connectivity index (χ3v) is 7.91. The second-order valence-corrected chi connectivity index (χ2v) is 10.3. The molecule has 172 valence electrons. The number of benzene rings is 2. The minimum Gasteiger partial charge on any atom is -0.351 e. The Morgan fingerprint density at radius 1 is 1.03 bits per heavy atom. The molecule has 2 aromatic carbocycles. The SMILES string of the molecule is CSc1cccc(N2C(=O)c3cc4ccccc4n3CC2(C)C(=O)NC2CCCCCC2)c1. The first-order valence-electron chi connectivity index (χ1n) is 11.9. The molecule has 33 heavy (non-hydrogen) atoms. The number of rotatable bonds is 4. The van der Waals surface area contributed by atoms with Crippen LogP contribution in [-0.2, 0) is 11.3 Å². The van der Waals surface area contributed by atoms with Gasteiger partial charge in [0.05, 0.1) is 6.54 Å². The molecule has 2 amide bonds. The molecule has 3 aromatic rings. The third-order valence-electron chi connectivity index (χ3n) is 7.18. The molecule has 0 bridgehead atoms. The molecule has 2 heterocycles. The number of thioether (sulfide) groups is 1. The van der Waals surface area contributed by atoms with Crippen molar-refractivity contribution in [3.8, 4) is 0 Å². The molecule has 1 unspecified atom stereocenters. The Hall–Kier alpha value is -2.73. The Kier molecular flexibility index (Phi) is 5.95. The van der Waals surface area contributed by atoms with E-state index in [4.69, 9.17) is 0 Å². The molecule has 1 saturated carbocycles. The van der Waals surface area contributed by atoms with E-state index < -0.39 is 5.54 Å². The first kappa shape index (κ1) is 22.1. The summed E-state index contributed by atoms with van der Waals surface area (Å²) in [7, 11) is 0. The Balaban J connectivity index is 1.60. The maximum atomic E-state index is 14.0. The highest BCUT2D eigenvalue weighted by Gasteiger charge is 2.49. The van der Waals surface area contributed by atoms with E-state index in [0.29, 0.717) is 12.2 Å². The average molecular weight is 462 g/mol. The van der Waals surface area contributed by atoms with Crippen LogP contribution in [0.5, 0.6) is 0 Å². The summed E-state index contributed by atoms with van der Waals surface area (Å²) in [6.07, 6.45) is 8.79. The van der Waals surface area contributed by atoms with Crippen molar-refractivity contribution >= 4 is 40.2 Å². The zero-order valence-electron chi connectivity index (χ0n) is 19.3. The van der Waals surface area contributed by atoms with Crippen molar-refractivity contribution in [1.82, 2.24) is 9.88 Å². The fourth-order valence-electron chi connectivity index (χ4n) is 5.36. The van der Waals surface area contributed by atoms with Gasteiger partial charge in [-0.05, 0) is 56.4 Å². The van der Waals surface area contributed by atoms with Crippen LogP contribution < -0.4 is 10.2 Å². The summed E-state index contributed by atoms with van der Waals surface area (Å²) in [6.45, 7) is 2.34. The summed E-state index contributed by atoms with van der Waals surface area (Å²) in [4.78, 5) is 30.7. The van der Waals surface area contributed by atoms with Crippen molar-refractivity contribution in [3.63, 3.8) is 0 Å². The van der Waals surface area contributed by atoms with Crippen LogP contribution >= 0.6 is 11.8 Å². The zero-order valence-corrected chi connectivity index (χ0v) is 20.2. The Labute approximate surface area is 199 Å². The lowest BCUT2D eigenvalue weighted by atomic mass is 9.92. The van der Waals surface area contributed by atoms with Gasteiger partial charge in [0.2, 0.25) is 5.91 Å². The predicted molar refractivity (Wildman–Crippen MR) is 135 cm³/mol. The summed E-state index contributed by atoms with van der Waals surface area (Å²) in [6, 6.07) is 18.1. The van der Waals surface area contributed by atoms with Gasteiger partial charge in [-0.25, -0.2) is 0 Å². The van der Waals surface area contributed by atoms with Gasteiger partial charge < -0.3 is 9.88 Å².